The fourth-order valence-corrected chi connectivity index (χ4v) is 0.545. The van der Waals surface area contributed by atoms with Crippen LogP contribution in [0.4, 0.5) is 0 Å². The van der Waals surface area contributed by atoms with Crippen molar-refractivity contribution in [3.63, 3.8) is 0 Å². The van der Waals surface area contributed by atoms with Gasteiger partial charge >= 0.3 is 0 Å². The van der Waals surface area contributed by atoms with Crippen LogP contribution in [0.2, 0.25) is 0 Å². The van der Waals surface area contributed by atoms with Crippen LogP contribution in [0.25, 0.3) is 0 Å². The summed E-state index contributed by atoms with van der Waals surface area (Å²) in [6, 6.07) is 7.09. The topological polar surface area (TPSA) is 20.2 Å². The van der Waals surface area contributed by atoms with E-state index in [1.165, 1.54) is 5.56 Å². The predicted molar refractivity (Wildman–Crippen MR) is 55.4 cm³/mol. The summed E-state index contributed by atoms with van der Waals surface area (Å²) in [6.07, 6.45) is 0. The maximum absolute atomic E-state index is 8.76. The molecule has 0 radical (unpaired) electrons. The fourth-order valence-electron chi connectivity index (χ4n) is 0.545. The van der Waals surface area contributed by atoms with E-state index in [2.05, 4.69) is 13.2 Å². The Morgan fingerprint density at radius 3 is 1.58 bits per heavy atom. The molecule has 0 unspecified atom stereocenters. The number of rotatable bonds is 0. The molecular weight excluding hydrogens is 148 g/mol. The highest BCUT2D eigenvalue weighted by molar-refractivity contribution is 5.24. The largest absolute Gasteiger partial charge is 0.508 e. The highest BCUT2D eigenvalue weighted by Crippen LogP contribution is 2.07. The second kappa shape index (κ2) is 9.76. The van der Waals surface area contributed by atoms with E-state index in [-0.39, 0.29) is 0 Å². The lowest BCUT2D eigenvalue weighted by atomic mass is 10.2. The molecule has 12 heavy (non-hydrogen) atoms. The third-order valence-corrected chi connectivity index (χ3v) is 1.03. The lowest BCUT2D eigenvalue weighted by Gasteiger charge is -1.89. The molecule has 0 amide bonds. The van der Waals surface area contributed by atoms with Crippen molar-refractivity contribution in [3.8, 4) is 5.75 Å². The van der Waals surface area contributed by atoms with Crippen molar-refractivity contribution in [3.05, 3.63) is 43.0 Å². The molecule has 1 aromatic carbocycles. The quantitative estimate of drug-likeness (QED) is 0.584. The molecule has 0 bridgehead atoms. The normalized spacial score (nSPS) is 6.92. The molecule has 0 saturated carbocycles. The minimum atomic E-state index is 0.329. The molecule has 1 aromatic rings. The van der Waals surface area contributed by atoms with E-state index in [0.717, 1.165) is 0 Å². The van der Waals surface area contributed by atoms with Gasteiger partial charge in [-0.1, -0.05) is 31.5 Å². The van der Waals surface area contributed by atoms with Crippen LogP contribution in [0.1, 0.15) is 19.4 Å². The average molecular weight is 166 g/mol. The monoisotopic (exact) mass is 166 g/mol. The van der Waals surface area contributed by atoms with Gasteiger partial charge in [-0.2, -0.15) is 0 Å². The molecule has 0 saturated heterocycles. The molecule has 0 spiro atoms. The first kappa shape index (κ1) is 13.4. The minimum absolute atomic E-state index is 0.329. The summed E-state index contributed by atoms with van der Waals surface area (Å²) < 4.78 is 0. The fraction of sp³-hybridized carbons (Fsp3) is 0.273. The summed E-state index contributed by atoms with van der Waals surface area (Å²) in [6.45, 7) is 12.0. The third-order valence-electron chi connectivity index (χ3n) is 1.03. The van der Waals surface area contributed by atoms with Crippen LogP contribution in [0.3, 0.4) is 0 Å². The molecule has 0 atom stereocenters. The summed E-state index contributed by atoms with van der Waals surface area (Å²) in [5, 5.41) is 8.76. The summed E-state index contributed by atoms with van der Waals surface area (Å²) in [5.74, 6) is 0.329. The van der Waals surface area contributed by atoms with E-state index in [4.69, 9.17) is 5.11 Å². The van der Waals surface area contributed by atoms with Gasteiger partial charge in [-0.3, -0.25) is 0 Å². The maximum Gasteiger partial charge on any atom is 0.115 e. The second-order valence-corrected chi connectivity index (χ2v) is 1.84. The first-order valence-electron chi connectivity index (χ1n) is 4.04. The Kier molecular flexibility index (Phi) is 10.9. The van der Waals surface area contributed by atoms with Crippen molar-refractivity contribution in [1.29, 1.82) is 0 Å². The lowest BCUT2D eigenvalue weighted by molar-refractivity contribution is 0.475. The number of hydrogen-bond donors (Lipinski definition) is 1. The highest BCUT2D eigenvalue weighted by Gasteiger charge is 1.82. The Morgan fingerprint density at radius 1 is 1.00 bits per heavy atom. The molecule has 0 aliphatic heterocycles. The lowest BCUT2D eigenvalue weighted by Crippen LogP contribution is -1.66. The van der Waals surface area contributed by atoms with Crippen molar-refractivity contribution in [2.45, 2.75) is 20.8 Å². The molecule has 1 nitrogen and oxygen atoms in total. The van der Waals surface area contributed by atoms with Crippen molar-refractivity contribution >= 4 is 0 Å². The van der Waals surface area contributed by atoms with Crippen molar-refractivity contribution in [2.24, 2.45) is 0 Å². The molecule has 0 aromatic heterocycles. The van der Waals surface area contributed by atoms with E-state index < -0.39 is 0 Å². The maximum atomic E-state index is 8.76. The number of aromatic hydroxyl groups is 1. The molecular formula is C11H18O. The number of phenolic OH excluding ortho intramolecular Hbond substituents is 1. The summed E-state index contributed by atoms with van der Waals surface area (Å²) in [4.78, 5) is 0. The Hall–Kier alpha value is -1.24. The number of hydrogen-bond acceptors (Lipinski definition) is 1. The number of phenols is 1. The van der Waals surface area contributed by atoms with Crippen LogP contribution >= 0.6 is 0 Å². The van der Waals surface area contributed by atoms with Gasteiger partial charge in [-0.15, -0.1) is 13.2 Å². The van der Waals surface area contributed by atoms with Gasteiger partial charge in [-0.25, -0.2) is 0 Å². The van der Waals surface area contributed by atoms with E-state index in [0.29, 0.717) is 5.75 Å². The van der Waals surface area contributed by atoms with Gasteiger partial charge in [0.15, 0.2) is 0 Å². The van der Waals surface area contributed by atoms with E-state index in [1.807, 2.05) is 32.9 Å². The Bertz CT molecular complexity index is 156. The smallest absolute Gasteiger partial charge is 0.115 e. The van der Waals surface area contributed by atoms with Crippen LogP contribution in [0, 0.1) is 6.92 Å². The van der Waals surface area contributed by atoms with E-state index in [1.54, 1.807) is 12.1 Å². The van der Waals surface area contributed by atoms with Gasteiger partial charge in [0, 0.05) is 0 Å². The summed E-state index contributed by atoms with van der Waals surface area (Å²) in [7, 11) is 0. The zero-order valence-corrected chi connectivity index (χ0v) is 8.17. The Labute approximate surface area is 75.4 Å². The van der Waals surface area contributed by atoms with Gasteiger partial charge in [0.05, 0.1) is 0 Å². The molecule has 1 rings (SSSR count). The molecule has 1 N–H and O–H groups in total. The summed E-state index contributed by atoms with van der Waals surface area (Å²) >= 11 is 0. The van der Waals surface area contributed by atoms with Gasteiger partial charge < -0.3 is 5.11 Å². The third kappa shape index (κ3) is 6.87. The van der Waals surface area contributed by atoms with Crippen LogP contribution in [0.5, 0.6) is 5.75 Å². The van der Waals surface area contributed by atoms with Gasteiger partial charge in [0.25, 0.3) is 0 Å². The van der Waals surface area contributed by atoms with Gasteiger partial charge in [0.1, 0.15) is 5.75 Å². The van der Waals surface area contributed by atoms with Gasteiger partial charge in [0.2, 0.25) is 0 Å². The predicted octanol–water partition coefficient (Wildman–Crippen LogP) is 3.53. The van der Waals surface area contributed by atoms with Crippen molar-refractivity contribution in [2.75, 3.05) is 0 Å². The first-order valence-corrected chi connectivity index (χ1v) is 4.04. The van der Waals surface area contributed by atoms with E-state index in [9.17, 15) is 0 Å². The molecule has 0 fully saturated rings. The zero-order chi connectivity index (χ0) is 9.98. The molecule has 0 aliphatic carbocycles. The molecule has 0 heterocycles. The highest BCUT2D eigenvalue weighted by atomic mass is 16.3. The number of aryl methyl sites for hydroxylation is 1. The van der Waals surface area contributed by atoms with Gasteiger partial charge in [-0.05, 0) is 19.1 Å². The number of benzene rings is 1. The average Bonchev–Trinajstić information content (AvgIpc) is 2.17. The van der Waals surface area contributed by atoms with Crippen LogP contribution in [-0.2, 0) is 0 Å². The van der Waals surface area contributed by atoms with E-state index >= 15 is 0 Å². The molecule has 0 aliphatic rings. The minimum Gasteiger partial charge on any atom is -0.508 e. The van der Waals surface area contributed by atoms with Crippen LogP contribution in [-0.4, -0.2) is 5.11 Å². The second-order valence-electron chi connectivity index (χ2n) is 1.84. The zero-order valence-electron chi connectivity index (χ0n) is 8.17. The standard InChI is InChI=1S/C7H8O.C2H6.C2H4/c1-6-2-4-7(8)5-3-6;2*1-2/h2-5,8H,1H3;1-2H3;1-2H2. The Balaban J connectivity index is 0. The summed E-state index contributed by atoms with van der Waals surface area (Å²) in [5.41, 5.74) is 1.17. The first-order chi connectivity index (χ1) is 5.79. The molecule has 68 valence electrons. The van der Waals surface area contributed by atoms with Crippen LogP contribution < -0.4 is 0 Å². The SMILES string of the molecule is C=C.CC.Cc1ccc(O)cc1. The van der Waals surface area contributed by atoms with Crippen molar-refractivity contribution < 1.29 is 5.11 Å². The molecule has 1 heteroatoms. The van der Waals surface area contributed by atoms with Crippen molar-refractivity contribution in [1.82, 2.24) is 0 Å². The van der Waals surface area contributed by atoms with Crippen LogP contribution in [0.15, 0.2) is 37.4 Å². The Morgan fingerprint density at radius 2 is 1.33 bits per heavy atom.